The number of likely N-dealkylation sites (tertiary alicyclic amines) is 1. The fourth-order valence-corrected chi connectivity index (χ4v) is 2.68. The minimum Gasteiger partial charge on any atom is -0.481 e. The van der Waals surface area contributed by atoms with Crippen LogP contribution >= 0.6 is 11.3 Å². The number of amides is 1. The molecule has 1 fully saturated rings. The number of carbonyl (C=O) groups is 2. The third-order valence-corrected chi connectivity index (χ3v) is 3.91. The zero-order chi connectivity index (χ0) is 13.0. The average molecular weight is 268 g/mol. The van der Waals surface area contributed by atoms with Gasteiger partial charge in [-0.3, -0.25) is 14.5 Å². The normalized spacial score (nSPS) is 19.9. The van der Waals surface area contributed by atoms with Crippen LogP contribution in [-0.2, 0) is 16.1 Å². The number of aliphatic carboxylic acids is 1. The number of thiophene rings is 1. The Bertz CT molecular complexity index is 419. The first-order valence-corrected chi connectivity index (χ1v) is 6.77. The van der Waals surface area contributed by atoms with Gasteiger partial charge in [0.1, 0.15) is 0 Å². The molecule has 2 rings (SSSR count). The van der Waals surface area contributed by atoms with E-state index in [2.05, 4.69) is 5.32 Å². The fourth-order valence-electron chi connectivity index (χ4n) is 2.04. The molecular formula is C12H16N2O3S. The van der Waals surface area contributed by atoms with Crippen LogP contribution in [0.1, 0.15) is 11.3 Å². The molecule has 2 N–H and O–H groups in total. The number of carbonyl (C=O) groups excluding carboxylic acids is 1. The zero-order valence-corrected chi connectivity index (χ0v) is 10.8. The van der Waals surface area contributed by atoms with Gasteiger partial charge in [0.05, 0.1) is 19.0 Å². The van der Waals surface area contributed by atoms with Gasteiger partial charge in [0.2, 0.25) is 5.91 Å². The molecule has 1 aliphatic rings. The molecule has 0 saturated carbocycles. The van der Waals surface area contributed by atoms with Crippen LogP contribution in [0, 0.1) is 5.92 Å². The van der Waals surface area contributed by atoms with Crippen molar-refractivity contribution in [1.29, 1.82) is 0 Å². The highest BCUT2D eigenvalue weighted by Gasteiger charge is 2.28. The van der Waals surface area contributed by atoms with Crippen molar-refractivity contribution in [2.45, 2.75) is 13.0 Å². The number of nitrogens with zero attached hydrogens (tertiary/aromatic N) is 1. The van der Waals surface area contributed by atoms with Crippen molar-refractivity contribution in [1.82, 2.24) is 10.2 Å². The first-order valence-electron chi connectivity index (χ1n) is 5.89. The Kier molecular flexibility index (Phi) is 4.33. The van der Waals surface area contributed by atoms with Gasteiger partial charge in [-0.2, -0.15) is 0 Å². The maximum absolute atomic E-state index is 11.7. The van der Waals surface area contributed by atoms with Gasteiger partial charge < -0.3 is 10.4 Å². The highest BCUT2D eigenvalue weighted by molar-refractivity contribution is 7.09. The maximum Gasteiger partial charge on any atom is 0.307 e. The van der Waals surface area contributed by atoms with Gasteiger partial charge in [-0.25, -0.2) is 0 Å². The maximum atomic E-state index is 11.7. The van der Waals surface area contributed by atoms with Crippen molar-refractivity contribution in [3.8, 4) is 0 Å². The van der Waals surface area contributed by atoms with Crippen molar-refractivity contribution < 1.29 is 14.7 Å². The molecule has 1 aromatic heterocycles. The molecule has 98 valence electrons. The predicted molar refractivity (Wildman–Crippen MR) is 68.3 cm³/mol. The van der Waals surface area contributed by atoms with Gasteiger partial charge >= 0.3 is 5.97 Å². The van der Waals surface area contributed by atoms with E-state index in [9.17, 15) is 9.59 Å². The molecule has 0 spiro atoms. The summed E-state index contributed by atoms with van der Waals surface area (Å²) < 4.78 is 0. The minimum atomic E-state index is -0.767. The van der Waals surface area contributed by atoms with Crippen LogP contribution in [0.4, 0.5) is 0 Å². The lowest BCUT2D eigenvalue weighted by Gasteiger charge is -2.14. The second kappa shape index (κ2) is 5.97. The van der Waals surface area contributed by atoms with Crippen molar-refractivity contribution in [3.05, 3.63) is 22.4 Å². The quantitative estimate of drug-likeness (QED) is 0.827. The highest BCUT2D eigenvalue weighted by atomic mass is 32.1. The van der Waals surface area contributed by atoms with Gasteiger partial charge in [-0.15, -0.1) is 11.3 Å². The standard InChI is InChI=1S/C12H16N2O3S/c15-11(13-6-10-2-1-5-18-10)8-14-4-3-9(7-14)12(16)17/h1-2,5,9H,3-4,6-8H2,(H,13,15)(H,16,17). The van der Waals surface area contributed by atoms with E-state index in [0.717, 1.165) is 4.88 Å². The number of hydrogen-bond donors (Lipinski definition) is 2. The summed E-state index contributed by atoms with van der Waals surface area (Å²) in [5.41, 5.74) is 0. The summed E-state index contributed by atoms with van der Waals surface area (Å²) in [5, 5.41) is 13.7. The second-order valence-corrected chi connectivity index (χ2v) is 5.45. The predicted octanol–water partition coefficient (Wildman–Crippen LogP) is 0.771. The minimum absolute atomic E-state index is 0.0468. The lowest BCUT2D eigenvalue weighted by atomic mass is 10.1. The van der Waals surface area contributed by atoms with Gasteiger partial charge in [0.15, 0.2) is 0 Å². The van der Waals surface area contributed by atoms with Crippen molar-refractivity contribution in [2.24, 2.45) is 5.92 Å². The zero-order valence-electron chi connectivity index (χ0n) is 9.96. The topological polar surface area (TPSA) is 69.6 Å². The SMILES string of the molecule is O=C(CN1CCC(C(=O)O)C1)NCc1cccs1. The summed E-state index contributed by atoms with van der Waals surface area (Å²) in [5.74, 6) is -1.14. The number of rotatable bonds is 5. The van der Waals surface area contributed by atoms with E-state index in [1.165, 1.54) is 0 Å². The summed E-state index contributed by atoms with van der Waals surface area (Å²) in [4.78, 5) is 25.5. The van der Waals surface area contributed by atoms with Crippen molar-refractivity contribution in [2.75, 3.05) is 19.6 Å². The van der Waals surface area contributed by atoms with Gasteiger partial charge in [0.25, 0.3) is 0 Å². The number of carboxylic acids is 1. The summed E-state index contributed by atoms with van der Waals surface area (Å²) in [7, 11) is 0. The molecule has 1 aliphatic heterocycles. The molecular weight excluding hydrogens is 252 g/mol. The van der Waals surface area contributed by atoms with Crippen LogP contribution in [0.15, 0.2) is 17.5 Å². The largest absolute Gasteiger partial charge is 0.481 e. The summed E-state index contributed by atoms with van der Waals surface area (Å²) in [6, 6.07) is 3.92. The Hall–Kier alpha value is -1.40. The molecule has 1 atom stereocenters. The summed E-state index contributed by atoms with van der Waals surface area (Å²) in [6.45, 7) is 1.99. The van der Waals surface area contributed by atoms with E-state index >= 15 is 0 Å². The van der Waals surface area contributed by atoms with E-state index in [1.54, 1.807) is 11.3 Å². The smallest absolute Gasteiger partial charge is 0.307 e. The molecule has 18 heavy (non-hydrogen) atoms. The van der Waals surface area contributed by atoms with Crippen LogP contribution in [0.25, 0.3) is 0 Å². The second-order valence-electron chi connectivity index (χ2n) is 4.42. The molecule has 1 aromatic rings. The van der Waals surface area contributed by atoms with Crippen molar-refractivity contribution in [3.63, 3.8) is 0 Å². The Morgan fingerprint density at radius 1 is 1.56 bits per heavy atom. The molecule has 1 amide bonds. The summed E-state index contributed by atoms with van der Waals surface area (Å²) >= 11 is 1.61. The number of carboxylic acid groups (broad SMARTS) is 1. The lowest BCUT2D eigenvalue weighted by molar-refractivity contribution is -0.141. The molecule has 1 saturated heterocycles. The molecule has 0 radical (unpaired) electrons. The molecule has 6 heteroatoms. The molecule has 2 heterocycles. The Morgan fingerprint density at radius 2 is 2.39 bits per heavy atom. The van der Waals surface area contributed by atoms with E-state index in [4.69, 9.17) is 5.11 Å². The third-order valence-electron chi connectivity index (χ3n) is 3.03. The van der Waals surface area contributed by atoms with E-state index < -0.39 is 5.97 Å². The van der Waals surface area contributed by atoms with E-state index in [0.29, 0.717) is 26.1 Å². The average Bonchev–Trinajstić information content (AvgIpc) is 2.96. The van der Waals surface area contributed by atoms with Crippen LogP contribution in [0.2, 0.25) is 0 Å². The monoisotopic (exact) mass is 268 g/mol. The molecule has 1 unspecified atom stereocenters. The molecule has 5 nitrogen and oxygen atoms in total. The van der Waals surface area contributed by atoms with Crippen molar-refractivity contribution >= 4 is 23.2 Å². The Balaban J connectivity index is 1.70. The number of nitrogens with one attached hydrogen (secondary N) is 1. The lowest BCUT2D eigenvalue weighted by Crippen LogP contribution is -2.36. The van der Waals surface area contributed by atoms with Gasteiger partial charge in [-0.05, 0) is 24.4 Å². The van der Waals surface area contributed by atoms with E-state index in [1.807, 2.05) is 22.4 Å². The van der Waals surface area contributed by atoms with Crippen LogP contribution in [0.3, 0.4) is 0 Å². The van der Waals surface area contributed by atoms with Gasteiger partial charge in [-0.1, -0.05) is 6.07 Å². The van der Waals surface area contributed by atoms with E-state index in [-0.39, 0.29) is 18.4 Å². The first-order chi connectivity index (χ1) is 8.65. The van der Waals surface area contributed by atoms with Crippen LogP contribution in [0.5, 0.6) is 0 Å². The van der Waals surface area contributed by atoms with Crippen LogP contribution in [-0.4, -0.2) is 41.5 Å². The third kappa shape index (κ3) is 3.54. The fraction of sp³-hybridized carbons (Fsp3) is 0.500. The Morgan fingerprint density at radius 3 is 3.00 bits per heavy atom. The Labute approximate surface area is 109 Å². The highest BCUT2D eigenvalue weighted by Crippen LogP contribution is 2.15. The summed E-state index contributed by atoms with van der Waals surface area (Å²) in [6.07, 6.45) is 0.632. The van der Waals surface area contributed by atoms with Gasteiger partial charge in [0, 0.05) is 11.4 Å². The number of hydrogen-bond acceptors (Lipinski definition) is 4. The molecule has 0 aliphatic carbocycles. The first kappa shape index (κ1) is 13.0. The molecule has 0 aromatic carbocycles. The molecule has 0 bridgehead atoms. The van der Waals surface area contributed by atoms with Crippen LogP contribution < -0.4 is 5.32 Å².